The van der Waals surface area contributed by atoms with Crippen molar-refractivity contribution in [3.8, 4) is 10.4 Å². The Balaban J connectivity index is 1.43. The normalized spacial score (nSPS) is 24.0. The summed E-state index contributed by atoms with van der Waals surface area (Å²) in [5.41, 5.74) is 3.81. The standard InChI is InChI=1S/C26H28B2N5O4S/c1-13(2)21(19-10-20(28-27)32-37-19)24(35)33-11-17(34)9-18(33)23-30-25(36)26(4,31-23)16-7-5-15(6-8-16)22-14(3)29-12-38-22/h5-8,10,12-13,17-18,21,34H,9,11H2,1-4H3,(H,30,31,36). The first kappa shape index (κ1) is 26.4. The predicted octanol–water partition coefficient (Wildman–Crippen LogP) is 1.66. The maximum Gasteiger partial charge on any atom is 0.257 e. The number of aliphatic hydroxyl groups excluding tert-OH is 1. The van der Waals surface area contributed by atoms with Gasteiger partial charge in [-0.15, -0.1) is 11.3 Å². The maximum absolute atomic E-state index is 13.8. The maximum atomic E-state index is 13.8. The number of likely N-dealkylation sites (tertiary alicyclic amines) is 1. The SMILES string of the molecule is [B][B]c1cc(C(C(=O)N2CC(O)CC2C2=NC(C)(c3ccc(-c4scnc4C)cc3)C(=O)N2)C(C)C)on1. The van der Waals surface area contributed by atoms with Crippen LogP contribution in [0.4, 0.5) is 0 Å². The molecule has 4 atom stereocenters. The molecule has 1 saturated heterocycles. The lowest BCUT2D eigenvalue weighted by atomic mass is 9.53. The van der Waals surface area contributed by atoms with Crippen LogP contribution in [0, 0.1) is 12.8 Å². The molecule has 0 aliphatic carbocycles. The van der Waals surface area contributed by atoms with Crippen LogP contribution in [0.15, 0.2) is 45.4 Å². The summed E-state index contributed by atoms with van der Waals surface area (Å²) in [5.74, 6) is -0.458. The molecule has 3 radical (unpaired) electrons. The number of nitrogens with zero attached hydrogens (tertiary/aromatic N) is 4. The zero-order valence-corrected chi connectivity index (χ0v) is 22.5. The highest BCUT2D eigenvalue weighted by atomic mass is 32.1. The number of amides is 2. The second-order valence-electron chi connectivity index (χ2n) is 10.3. The van der Waals surface area contributed by atoms with Gasteiger partial charge in [-0.1, -0.05) is 43.3 Å². The molecule has 0 saturated carbocycles. The summed E-state index contributed by atoms with van der Waals surface area (Å²) in [6.07, 6.45) is -0.471. The molecule has 4 unspecified atom stereocenters. The second kappa shape index (κ2) is 10.1. The van der Waals surface area contributed by atoms with E-state index in [9.17, 15) is 14.7 Å². The fourth-order valence-electron chi connectivity index (χ4n) is 5.20. The molecule has 1 fully saturated rings. The molecule has 5 rings (SSSR count). The molecule has 3 aromatic rings. The Morgan fingerprint density at radius 3 is 2.68 bits per heavy atom. The number of hydrogen-bond donors (Lipinski definition) is 2. The molecule has 2 amide bonds. The van der Waals surface area contributed by atoms with Gasteiger partial charge in [-0.3, -0.25) is 9.59 Å². The van der Waals surface area contributed by atoms with Gasteiger partial charge in [-0.05, 0) is 37.0 Å². The number of aromatic nitrogens is 2. The minimum Gasteiger partial charge on any atom is -0.391 e. The summed E-state index contributed by atoms with van der Waals surface area (Å²) >= 11 is 1.57. The molecule has 193 valence electrons. The van der Waals surface area contributed by atoms with Crippen LogP contribution >= 0.6 is 11.3 Å². The molecule has 38 heavy (non-hydrogen) atoms. The van der Waals surface area contributed by atoms with E-state index in [1.807, 2.05) is 50.5 Å². The predicted molar refractivity (Wildman–Crippen MR) is 147 cm³/mol. The quantitative estimate of drug-likeness (QED) is 0.451. The summed E-state index contributed by atoms with van der Waals surface area (Å²) in [6, 6.07) is 8.80. The number of benzene rings is 1. The molecular formula is C26H28B2N5O4S. The van der Waals surface area contributed by atoms with Crippen molar-refractivity contribution in [3.63, 3.8) is 0 Å². The van der Waals surface area contributed by atoms with Gasteiger partial charge in [0.25, 0.3) is 5.91 Å². The molecule has 9 nitrogen and oxygen atoms in total. The lowest BCUT2D eigenvalue weighted by molar-refractivity contribution is -0.134. The molecule has 0 spiro atoms. The van der Waals surface area contributed by atoms with E-state index in [-0.39, 0.29) is 30.7 Å². The number of nitrogens with one attached hydrogen (secondary N) is 1. The summed E-state index contributed by atoms with van der Waals surface area (Å²) in [6.45, 7) is 7.69. The molecule has 2 N–H and O–H groups in total. The fraction of sp³-hybridized carbons (Fsp3) is 0.423. The number of β-amino-alcohol motifs (C(OH)–C–C–N with tert-alkyl or cyclic N) is 1. The second-order valence-corrected chi connectivity index (χ2v) is 11.2. The Hall–Kier alpha value is -3.24. The van der Waals surface area contributed by atoms with Crippen LogP contribution in [-0.4, -0.2) is 71.4 Å². The summed E-state index contributed by atoms with van der Waals surface area (Å²) in [4.78, 5) is 38.8. The van der Waals surface area contributed by atoms with Gasteiger partial charge in [0.05, 0.1) is 28.2 Å². The van der Waals surface area contributed by atoms with E-state index in [0.717, 1.165) is 21.7 Å². The average molecular weight is 528 g/mol. The molecule has 2 aliphatic heterocycles. The zero-order chi connectivity index (χ0) is 27.2. The van der Waals surface area contributed by atoms with Crippen molar-refractivity contribution >= 4 is 49.5 Å². The van der Waals surface area contributed by atoms with Crippen LogP contribution in [-0.2, 0) is 15.1 Å². The van der Waals surface area contributed by atoms with Crippen LogP contribution in [0.5, 0.6) is 0 Å². The van der Waals surface area contributed by atoms with Crippen molar-refractivity contribution in [1.82, 2.24) is 20.4 Å². The number of hydrogen-bond acceptors (Lipinski definition) is 8. The van der Waals surface area contributed by atoms with Crippen molar-refractivity contribution in [2.24, 2.45) is 10.9 Å². The Kier molecular flexibility index (Phi) is 7.04. The zero-order valence-electron chi connectivity index (χ0n) is 21.7. The number of aliphatic hydroxyl groups is 1. The van der Waals surface area contributed by atoms with Crippen LogP contribution in [0.2, 0.25) is 0 Å². The third-order valence-corrected chi connectivity index (χ3v) is 8.29. The van der Waals surface area contributed by atoms with E-state index in [1.165, 1.54) is 7.17 Å². The van der Waals surface area contributed by atoms with Gasteiger partial charge in [0.1, 0.15) is 24.7 Å². The van der Waals surface area contributed by atoms with Gasteiger partial charge in [0.15, 0.2) is 5.54 Å². The minimum absolute atomic E-state index is 0.106. The summed E-state index contributed by atoms with van der Waals surface area (Å²) < 4.78 is 5.42. The van der Waals surface area contributed by atoms with E-state index in [0.29, 0.717) is 17.2 Å². The van der Waals surface area contributed by atoms with Gasteiger partial charge < -0.3 is 19.8 Å². The van der Waals surface area contributed by atoms with Crippen LogP contribution in [0.3, 0.4) is 0 Å². The number of carbonyl (C=O) groups excluding carboxylic acids is 2. The minimum atomic E-state index is -1.16. The number of rotatable bonds is 7. The molecule has 12 heteroatoms. The Morgan fingerprint density at radius 1 is 1.34 bits per heavy atom. The fourth-order valence-corrected chi connectivity index (χ4v) is 6.01. The molecule has 4 heterocycles. The van der Waals surface area contributed by atoms with Gasteiger partial charge in [-0.2, -0.15) is 0 Å². The number of aryl methyl sites for hydroxylation is 1. The molecule has 2 aromatic heterocycles. The highest BCUT2D eigenvalue weighted by Gasteiger charge is 2.48. The van der Waals surface area contributed by atoms with E-state index >= 15 is 0 Å². The third-order valence-electron chi connectivity index (χ3n) is 7.32. The lowest BCUT2D eigenvalue weighted by Crippen LogP contribution is -2.48. The number of carbonyl (C=O) groups is 2. The van der Waals surface area contributed by atoms with Crippen LogP contribution in [0.25, 0.3) is 10.4 Å². The van der Waals surface area contributed by atoms with Crippen molar-refractivity contribution in [2.45, 2.75) is 57.7 Å². The third kappa shape index (κ3) is 4.60. The largest absolute Gasteiger partial charge is 0.391 e. The topological polar surface area (TPSA) is 121 Å². The van der Waals surface area contributed by atoms with E-state index in [4.69, 9.17) is 17.3 Å². The van der Waals surface area contributed by atoms with E-state index in [1.54, 1.807) is 29.2 Å². The summed E-state index contributed by atoms with van der Waals surface area (Å²) in [5, 5.41) is 17.3. The smallest absolute Gasteiger partial charge is 0.257 e. The molecule has 2 aliphatic rings. The molecular weight excluding hydrogens is 500 g/mol. The van der Waals surface area contributed by atoms with Gasteiger partial charge in [0.2, 0.25) is 5.91 Å². The Morgan fingerprint density at radius 2 is 2.08 bits per heavy atom. The first-order valence-electron chi connectivity index (χ1n) is 12.5. The number of thiazole rings is 1. The summed E-state index contributed by atoms with van der Waals surface area (Å²) in [7, 11) is 6.86. The molecule has 0 bridgehead atoms. The van der Waals surface area contributed by atoms with Gasteiger partial charge >= 0.3 is 0 Å². The van der Waals surface area contributed by atoms with E-state index in [2.05, 4.69) is 15.5 Å². The van der Waals surface area contributed by atoms with Crippen LogP contribution in [0.1, 0.15) is 50.1 Å². The monoisotopic (exact) mass is 528 g/mol. The highest BCUT2D eigenvalue weighted by Crippen LogP contribution is 2.36. The average Bonchev–Trinajstić information content (AvgIpc) is 3.67. The van der Waals surface area contributed by atoms with E-state index < -0.39 is 23.6 Å². The molecule has 1 aromatic carbocycles. The van der Waals surface area contributed by atoms with Crippen molar-refractivity contribution in [2.75, 3.05) is 6.54 Å². The first-order valence-corrected chi connectivity index (χ1v) is 13.4. The number of amidine groups is 1. The Bertz CT molecular complexity index is 1390. The van der Waals surface area contributed by atoms with Gasteiger partial charge in [0, 0.05) is 26.3 Å². The Labute approximate surface area is 227 Å². The lowest BCUT2D eigenvalue weighted by Gasteiger charge is -2.29. The van der Waals surface area contributed by atoms with Crippen molar-refractivity contribution in [1.29, 1.82) is 0 Å². The first-order chi connectivity index (χ1) is 18.1. The van der Waals surface area contributed by atoms with Crippen LogP contribution < -0.4 is 10.9 Å². The van der Waals surface area contributed by atoms with Gasteiger partial charge in [-0.25, -0.2) is 9.98 Å². The van der Waals surface area contributed by atoms with Crippen molar-refractivity contribution in [3.05, 3.63) is 52.9 Å². The van der Waals surface area contributed by atoms with Crippen molar-refractivity contribution < 1.29 is 19.2 Å². The highest BCUT2D eigenvalue weighted by molar-refractivity contribution is 7.13. The number of aliphatic imine (C=N–C) groups is 1.